The van der Waals surface area contributed by atoms with E-state index >= 15 is 0 Å². The van der Waals surface area contributed by atoms with Gasteiger partial charge in [0.25, 0.3) is 5.91 Å². The molecule has 0 spiro atoms. The number of rotatable bonds is 7. The number of hydrogen-bond acceptors (Lipinski definition) is 4. The maximum absolute atomic E-state index is 12.6. The first-order chi connectivity index (χ1) is 12.3. The Morgan fingerprint density at radius 3 is 2.64 bits per heavy atom. The molecular formula is C20H21N3O2. The zero-order chi connectivity index (χ0) is 17.5. The lowest BCUT2D eigenvalue weighted by atomic mass is 10.1. The number of amides is 1. The second-order valence-electron chi connectivity index (χ2n) is 5.52. The Labute approximate surface area is 147 Å². The van der Waals surface area contributed by atoms with Crippen molar-refractivity contribution < 1.29 is 9.53 Å². The van der Waals surface area contributed by atoms with Crippen molar-refractivity contribution in [3.05, 3.63) is 66.2 Å². The first kappa shape index (κ1) is 16.8. The number of para-hydroxylation sites is 2. The number of pyridine rings is 1. The first-order valence-corrected chi connectivity index (χ1v) is 8.37. The van der Waals surface area contributed by atoms with Crippen molar-refractivity contribution in [3.63, 3.8) is 0 Å². The van der Waals surface area contributed by atoms with Crippen LogP contribution in [0.4, 0.5) is 5.82 Å². The van der Waals surface area contributed by atoms with Gasteiger partial charge >= 0.3 is 0 Å². The van der Waals surface area contributed by atoms with Crippen molar-refractivity contribution >= 4 is 22.6 Å². The van der Waals surface area contributed by atoms with Crippen LogP contribution in [0.3, 0.4) is 0 Å². The number of anilines is 1. The third-order valence-corrected chi connectivity index (χ3v) is 3.72. The molecule has 2 aromatic carbocycles. The van der Waals surface area contributed by atoms with Crippen molar-refractivity contribution in [2.24, 2.45) is 0 Å². The molecule has 0 saturated carbocycles. The third-order valence-electron chi connectivity index (χ3n) is 3.72. The molecule has 0 unspecified atom stereocenters. The van der Waals surface area contributed by atoms with Crippen LogP contribution >= 0.6 is 0 Å². The van der Waals surface area contributed by atoms with Crippen LogP contribution in [0.1, 0.15) is 17.3 Å². The molecule has 1 heterocycles. The summed E-state index contributed by atoms with van der Waals surface area (Å²) in [6, 6.07) is 19.0. The number of fused-ring (bicyclic) bond motifs is 1. The molecule has 1 aromatic heterocycles. The SMILES string of the molecule is CCNc1cc(C(=O)NCCOc2ccccc2)c2ccccc2n1. The number of carbonyl (C=O) groups excluding carboxylic acids is 1. The highest BCUT2D eigenvalue weighted by Gasteiger charge is 2.12. The highest BCUT2D eigenvalue weighted by Crippen LogP contribution is 2.20. The Kier molecular flexibility index (Phi) is 5.46. The van der Waals surface area contributed by atoms with Gasteiger partial charge in [-0.25, -0.2) is 4.98 Å². The Balaban J connectivity index is 1.68. The van der Waals surface area contributed by atoms with E-state index in [0.717, 1.165) is 23.2 Å². The van der Waals surface area contributed by atoms with Gasteiger partial charge < -0.3 is 15.4 Å². The van der Waals surface area contributed by atoms with E-state index in [1.807, 2.05) is 61.5 Å². The largest absolute Gasteiger partial charge is 0.492 e. The van der Waals surface area contributed by atoms with E-state index < -0.39 is 0 Å². The standard InChI is InChI=1S/C20H21N3O2/c1-2-21-19-14-17(16-10-6-7-11-18(16)23-19)20(24)22-12-13-25-15-8-4-3-5-9-15/h3-11,14H,2,12-13H2,1H3,(H,21,23)(H,22,24). The van der Waals surface area contributed by atoms with Gasteiger partial charge in [0.15, 0.2) is 0 Å². The molecule has 3 aromatic rings. The minimum atomic E-state index is -0.130. The molecular weight excluding hydrogens is 314 g/mol. The second-order valence-corrected chi connectivity index (χ2v) is 5.52. The number of nitrogens with zero attached hydrogens (tertiary/aromatic N) is 1. The maximum Gasteiger partial charge on any atom is 0.252 e. The van der Waals surface area contributed by atoms with Crippen LogP contribution in [-0.4, -0.2) is 30.6 Å². The maximum atomic E-state index is 12.6. The summed E-state index contributed by atoms with van der Waals surface area (Å²) in [6.45, 7) is 3.59. The fourth-order valence-electron chi connectivity index (χ4n) is 2.58. The van der Waals surface area contributed by atoms with Crippen LogP contribution in [0.2, 0.25) is 0 Å². The van der Waals surface area contributed by atoms with E-state index in [-0.39, 0.29) is 5.91 Å². The van der Waals surface area contributed by atoms with Crippen molar-refractivity contribution in [2.75, 3.05) is 25.0 Å². The second kappa shape index (κ2) is 8.15. The monoisotopic (exact) mass is 335 g/mol. The first-order valence-electron chi connectivity index (χ1n) is 8.37. The van der Waals surface area contributed by atoms with Gasteiger partial charge in [-0.05, 0) is 31.2 Å². The fourth-order valence-corrected chi connectivity index (χ4v) is 2.58. The van der Waals surface area contributed by atoms with Crippen LogP contribution in [0.25, 0.3) is 10.9 Å². The van der Waals surface area contributed by atoms with Gasteiger partial charge in [0.05, 0.1) is 17.6 Å². The normalized spacial score (nSPS) is 10.4. The molecule has 0 aliphatic heterocycles. The zero-order valence-corrected chi connectivity index (χ0v) is 14.2. The van der Waals surface area contributed by atoms with Crippen LogP contribution in [0.5, 0.6) is 5.75 Å². The van der Waals surface area contributed by atoms with Crippen LogP contribution in [0, 0.1) is 0 Å². The molecule has 0 aliphatic carbocycles. The van der Waals surface area contributed by atoms with E-state index in [1.54, 1.807) is 6.07 Å². The Bertz CT molecular complexity index is 850. The van der Waals surface area contributed by atoms with Crippen molar-refractivity contribution in [1.82, 2.24) is 10.3 Å². The van der Waals surface area contributed by atoms with Crippen LogP contribution in [-0.2, 0) is 0 Å². The van der Waals surface area contributed by atoms with Crippen LogP contribution in [0.15, 0.2) is 60.7 Å². The number of ether oxygens (including phenoxy) is 1. The molecule has 0 bridgehead atoms. The quantitative estimate of drug-likeness (QED) is 0.649. The predicted octanol–water partition coefficient (Wildman–Crippen LogP) is 3.48. The lowest BCUT2D eigenvalue weighted by Crippen LogP contribution is -2.28. The van der Waals surface area contributed by atoms with E-state index in [1.165, 1.54) is 0 Å². The summed E-state index contributed by atoms with van der Waals surface area (Å²) >= 11 is 0. The Morgan fingerprint density at radius 1 is 1.08 bits per heavy atom. The number of nitrogens with one attached hydrogen (secondary N) is 2. The van der Waals surface area contributed by atoms with Gasteiger partial charge in [-0.15, -0.1) is 0 Å². The van der Waals surface area contributed by atoms with E-state index in [4.69, 9.17) is 4.74 Å². The zero-order valence-electron chi connectivity index (χ0n) is 14.2. The van der Waals surface area contributed by atoms with E-state index in [2.05, 4.69) is 15.6 Å². The summed E-state index contributed by atoms with van der Waals surface area (Å²) in [5, 5.41) is 6.92. The minimum Gasteiger partial charge on any atom is -0.492 e. The molecule has 0 radical (unpaired) electrons. The Hall–Kier alpha value is -3.08. The molecule has 0 saturated heterocycles. The molecule has 3 rings (SSSR count). The summed E-state index contributed by atoms with van der Waals surface area (Å²) < 4.78 is 5.60. The predicted molar refractivity (Wildman–Crippen MR) is 100 cm³/mol. The molecule has 2 N–H and O–H groups in total. The van der Waals surface area contributed by atoms with E-state index in [0.29, 0.717) is 24.5 Å². The molecule has 5 heteroatoms. The highest BCUT2D eigenvalue weighted by molar-refractivity contribution is 6.06. The molecule has 128 valence electrons. The lowest BCUT2D eigenvalue weighted by molar-refractivity contribution is 0.0948. The number of carbonyl (C=O) groups is 1. The van der Waals surface area contributed by atoms with Gasteiger partial charge in [0.2, 0.25) is 0 Å². The average Bonchev–Trinajstić information content (AvgIpc) is 2.65. The highest BCUT2D eigenvalue weighted by atomic mass is 16.5. The Morgan fingerprint density at radius 2 is 1.84 bits per heavy atom. The van der Waals surface area contributed by atoms with Gasteiger partial charge in [-0.2, -0.15) is 0 Å². The number of aromatic nitrogens is 1. The summed E-state index contributed by atoms with van der Waals surface area (Å²) in [7, 11) is 0. The molecule has 0 fully saturated rings. The van der Waals surface area contributed by atoms with Crippen molar-refractivity contribution in [3.8, 4) is 5.75 Å². The van der Waals surface area contributed by atoms with Gasteiger partial charge in [-0.3, -0.25) is 4.79 Å². The molecule has 0 aliphatic rings. The molecule has 25 heavy (non-hydrogen) atoms. The van der Waals surface area contributed by atoms with Crippen molar-refractivity contribution in [2.45, 2.75) is 6.92 Å². The number of hydrogen-bond donors (Lipinski definition) is 2. The average molecular weight is 335 g/mol. The summed E-state index contributed by atoms with van der Waals surface area (Å²) in [5.41, 5.74) is 1.41. The summed E-state index contributed by atoms with van der Waals surface area (Å²) in [4.78, 5) is 17.1. The smallest absolute Gasteiger partial charge is 0.252 e. The summed E-state index contributed by atoms with van der Waals surface area (Å²) in [6.07, 6.45) is 0. The lowest BCUT2D eigenvalue weighted by Gasteiger charge is -2.11. The minimum absolute atomic E-state index is 0.130. The van der Waals surface area contributed by atoms with Gasteiger partial charge in [0, 0.05) is 11.9 Å². The molecule has 5 nitrogen and oxygen atoms in total. The summed E-state index contributed by atoms with van der Waals surface area (Å²) in [5.74, 6) is 1.36. The van der Waals surface area contributed by atoms with Gasteiger partial charge in [0.1, 0.15) is 18.2 Å². The number of benzene rings is 2. The fraction of sp³-hybridized carbons (Fsp3) is 0.200. The van der Waals surface area contributed by atoms with E-state index in [9.17, 15) is 4.79 Å². The topological polar surface area (TPSA) is 63.2 Å². The molecule has 0 atom stereocenters. The van der Waals surface area contributed by atoms with Crippen molar-refractivity contribution in [1.29, 1.82) is 0 Å². The van der Waals surface area contributed by atoms with Gasteiger partial charge in [-0.1, -0.05) is 36.4 Å². The third kappa shape index (κ3) is 4.26. The van der Waals surface area contributed by atoms with Crippen LogP contribution < -0.4 is 15.4 Å². The molecule has 1 amide bonds.